The Labute approximate surface area is 145 Å². The maximum Gasteiger partial charge on any atom is 0.308 e. The number of carbonyl (C=O) groups is 2. The number of halogens is 1. The first kappa shape index (κ1) is 16.2. The summed E-state index contributed by atoms with van der Waals surface area (Å²) in [5.41, 5.74) is -1.18. The molecule has 0 aromatic rings. The SMILES string of the molecule is C=CC1(C)CC[C@H]2C(C)(C)[C@@H]3C=C(I)[C@]2(CC3=O)[C@H]1C(=O)O. The zero-order valence-corrected chi connectivity index (χ0v) is 15.5. The number of aliphatic carboxylic acids is 1. The van der Waals surface area contributed by atoms with Gasteiger partial charge >= 0.3 is 5.97 Å². The molecule has 0 radical (unpaired) electrons. The van der Waals surface area contributed by atoms with Crippen LogP contribution >= 0.6 is 22.6 Å². The lowest BCUT2D eigenvalue weighted by Crippen LogP contribution is -2.64. The van der Waals surface area contributed by atoms with Crippen molar-refractivity contribution in [2.45, 2.75) is 40.0 Å². The van der Waals surface area contributed by atoms with E-state index < -0.39 is 22.7 Å². The van der Waals surface area contributed by atoms with Crippen molar-refractivity contribution in [3.63, 3.8) is 0 Å². The molecular weight excluding hydrogens is 391 g/mol. The largest absolute Gasteiger partial charge is 0.481 e. The average molecular weight is 414 g/mol. The van der Waals surface area contributed by atoms with Gasteiger partial charge in [-0.2, -0.15) is 0 Å². The predicted octanol–water partition coefficient (Wildman–Crippen LogP) is 4.22. The van der Waals surface area contributed by atoms with Gasteiger partial charge in [-0.15, -0.1) is 6.58 Å². The maximum atomic E-state index is 12.7. The summed E-state index contributed by atoms with van der Waals surface area (Å²) >= 11 is 2.29. The number of carboxylic acid groups (broad SMARTS) is 1. The average Bonchev–Trinajstić information content (AvgIpc) is 2.40. The predicted molar refractivity (Wildman–Crippen MR) is 93.6 cm³/mol. The maximum absolute atomic E-state index is 12.7. The summed E-state index contributed by atoms with van der Waals surface area (Å²) in [7, 11) is 0. The minimum Gasteiger partial charge on any atom is -0.481 e. The Balaban J connectivity index is 2.28. The fraction of sp³-hybridized carbons (Fsp3) is 0.667. The number of Topliss-reactive ketones (excluding diaryl/α,β-unsaturated/α-hetero) is 1. The van der Waals surface area contributed by atoms with E-state index in [9.17, 15) is 14.7 Å². The van der Waals surface area contributed by atoms with Gasteiger partial charge in [0.2, 0.25) is 0 Å². The number of carboxylic acids is 1. The zero-order chi connectivity index (χ0) is 16.5. The molecule has 1 N–H and O–H groups in total. The van der Waals surface area contributed by atoms with Crippen molar-refractivity contribution in [2.24, 2.45) is 34.0 Å². The molecule has 4 heteroatoms. The highest BCUT2D eigenvalue weighted by Crippen LogP contribution is 2.71. The number of hydrogen-bond donors (Lipinski definition) is 1. The summed E-state index contributed by atoms with van der Waals surface area (Å²) in [6.07, 6.45) is 6.02. The zero-order valence-electron chi connectivity index (χ0n) is 13.4. The smallest absolute Gasteiger partial charge is 0.308 e. The molecule has 4 aliphatic rings. The Morgan fingerprint density at radius 1 is 1.45 bits per heavy atom. The van der Waals surface area contributed by atoms with Gasteiger partial charge in [0.05, 0.1) is 5.92 Å². The molecule has 1 unspecified atom stereocenters. The molecule has 0 heterocycles. The second kappa shape index (κ2) is 4.68. The number of fused-ring (bicyclic) bond motifs is 1. The van der Waals surface area contributed by atoms with Gasteiger partial charge in [-0.05, 0) is 55.8 Å². The third-order valence-corrected chi connectivity index (χ3v) is 8.12. The summed E-state index contributed by atoms with van der Waals surface area (Å²) in [6.45, 7) is 10.2. The monoisotopic (exact) mass is 414 g/mol. The van der Waals surface area contributed by atoms with E-state index >= 15 is 0 Å². The molecule has 22 heavy (non-hydrogen) atoms. The molecule has 3 nitrogen and oxygen atoms in total. The Hall–Kier alpha value is -0.650. The summed E-state index contributed by atoms with van der Waals surface area (Å²) in [5.74, 6) is -0.980. The van der Waals surface area contributed by atoms with Crippen LogP contribution in [-0.4, -0.2) is 16.9 Å². The van der Waals surface area contributed by atoms with E-state index in [1.54, 1.807) is 6.08 Å². The first-order valence-corrected chi connectivity index (χ1v) is 8.96. The van der Waals surface area contributed by atoms with Crippen molar-refractivity contribution in [2.75, 3.05) is 0 Å². The van der Waals surface area contributed by atoms with Crippen molar-refractivity contribution < 1.29 is 14.7 Å². The van der Waals surface area contributed by atoms with Crippen molar-refractivity contribution in [1.82, 2.24) is 0 Å². The van der Waals surface area contributed by atoms with Gasteiger partial charge in [0, 0.05) is 17.8 Å². The second-order valence-electron chi connectivity index (χ2n) is 8.07. The van der Waals surface area contributed by atoms with Crippen molar-refractivity contribution in [3.05, 3.63) is 22.3 Å². The van der Waals surface area contributed by atoms with Gasteiger partial charge in [-0.1, -0.05) is 32.9 Å². The lowest BCUT2D eigenvalue weighted by atomic mass is 9.38. The van der Waals surface area contributed by atoms with Gasteiger partial charge in [-0.3, -0.25) is 9.59 Å². The Morgan fingerprint density at radius 2 is 2.09 bits per heavy atom. The van der Waals surface area contributed by atoms with E-state index in [2.05, 4.69) is 43.0 Å². The molecule has 0 aromatic carbocycles. The third-order valence-electron chi connectivity index (χ3n) is 6.75. The normalized spacial score (nSPS) is 45.9. The number of rotatable bonds is 2. The van der Waals surface area contributed by atoms with Crippen LogP contribution in [0.4, 0.5) is 0 Å². The van der Waals surface area contributed by atoms with Crippen LogP contribution in [0.1, 0.15) is 40.0 Å². The van der Waals surface area contributed by atoms with Crippen LogP contribution in [0.5, 0.6) is 0 Å². The summed E-state index contributed by atoms with van der Waals surface area (Å²) in [5, 5.41) is 10.0. The van der Waals surface area contributed by atoms with Crippen LogP contribution in [0, 0.1) is 34.0 Å². The van der Waals surface area contributed by atoms with Crippen LogP contribution in [0.25, 0.3) is 0 Å². The van der Waals surface area contributed by atoms with E-state index in [1.165, 1.54) is 0 Å². The van der Waals surface area contributed by atoms with Gasteiger partial charge in [0.15, 0.2) is 0 Å². The van der Waals surface area contributed by atoms with Crippen LogP contribution in [-0.2, 0) is 9.59 Å². The van der Waals surface area contributed by atoms with Gasteiger partial charge in [0.1, 0.15) is 5.78 Å². The molecule has 5 atom stereocenters. The molecule has 1 spiro atoms. The van der Waals surface area contributed by atoms with Crippen LogP contribution in [0.3, 0.4) is 0 Å². The first-order chi connectivity index (χ1) is 10.1. The first-order valence-electron chi connectivity index (χ1n) is 7.88. The minimum absolute atomic E-state index is 0.0613. The van der Waals surface area contributed by atoms with Crippen molar-refractivity contribution in [1.29, 1.82) is 0 Å². The second-order valence-corrected chi connectivity index (χ2v) is 9.23. The molecule has 0 aromatic heterocycles. The molecule has 4 rings (SSSR count). The van der Waals surface area contributed by atoms with E-state index in [1.807, 2.05) is 13.0 Å². The molecule has 4 aliphatic carbocycles. The molecule has 120 valence electrons. The Bertz CT molecular complexity index is 605. The lowest BCUT2D eigenvalue weighted by molar-refractivity contribution is -0.175. The van der Waals surface area contributed by atoms with Gasteiger partial charge in [0.25, 0.3) is 0 Å². The highest BCUT2D eigenvalue weighted by atomic mass is 127. The molecular formula is C18H23IO3. The quantitative estimate of drug-likeness (QED) is 0.544. The molecule has 2 saturated carbocycles. The standard InChI is InChI=1S/C18H23IO3/c1-5-17(4)7-6-12-16(2,3)10-8-13(19)18(12,9-11(10)20)14(17)15(21)22/h5,8,10,12,14H,1,6-7,9H2,2-4H3,(H,21,22)/t10-,12+,14+,17?,18-/m1/s1. The van der Waals surface area contributed by atoms with E-state index in [-0.39, 0.29) is 23.0 Å². The number of allylic oxidation sites excluding steroid dienone is 3. The molecule has 0 amide bonds. The molecule has 2 fully saturated rings. The van der Waals surface area contributed by atoms with E-state index in [0.29, 0.717) is 6.42 Å². The van der Waals surface area contributed by atoms with Crippen LogP contribution < -0.4 is 0 Å². The fourth-order valence-corrected chi connectivity index (χ4v) is 6.90. The summed E-state index contributed by atoms with van der Waals surface area (Å²) in [4.78, 5) is 24.9. The topological polar surface area (TPSA) is 54.4 Å². The van der Waals surface area contributed by atoms with Crippen molar-refractivity contribution in [3.8, 4) is 0 Å². The summed E-state index contributed by atoms with van der Waals surface area (Å²) in [6, 6.07) is 0. The highest BCUT2D eigenvalue weighted by molar-refractivity contribution is 14.1. The van der Waals surface area contributed by atoms with Crippen molar-refractivity contribution >= 4 is 34.3 Å². The van der Waals surface area contributed by atoms with E-state index in [0.717, 1.165) is 16.4 Å². The minimum atomic E-state index is -0.793. The van der Waals surface area contributed by atoms with E-state index in [4.69, 9.17) is 0 Å². The third kappa shape index (κ3) is 1.73. The van der Waals surface area contributed by atoms with Crippen LogP contribution in [0.2, 0.25) is 0 Å². The number of carbonyl (C=O) groups excluding carboxylic acids is 1. The molecule has 0 saturated heterocycles. The van der Waals surface area contributed by atoms with Gasteiger partial charge in [-0.25, -0.2) is 0 Å². The lowest BCUT2D eigenvalue weighted by Gasteiger charge is -2.65. The van der Waals surface area contributed by atoms with Gasteiger partial charge < -0.3 is 5.11 Å². The highest BCUT2D eigenvalue weighted by Gasteiger charge is 2.69. The number of hydrogen-bond acceptors (Lipinski definition) is 2. The Kier molecular flexibility index (Phi) is 3.45. The molecule has 2 bridgehead atoms. The Morgan fingerprint density at radius 3 is 2.64 bits per heavy atom. The fourth-order valence-electron chi connectivity index (χ4n) is 5.66. The van der Waals surface area contributed by atoms with Crippen LogP contribution in [0.15, 0.2) is 22.3 Å². The molecule has 0 aliphatic heterocycles. The summed E-state index contributed by atoms with van der Waals surface area (Å²) < 4.78 is 1.08. The number of ketones is 1.